The highest BCUT2D eigenvalue weighted by molar-refractivity contribution is 9.10. The third-order valence-electron chi connectivity index (χ3n) is 2.02. The third kappa shape index (κ3) is 5.29. The molecule has 7 heteroatoms. The second-order valence-corrected chi connectivity index (χ2v) is 4.28. The van der Waals surface area contributed by atoms with Crippen molar-refractivity contribution in [1.29, 1.82) is 0 Å². The molecule has 0 amide bonds. The minimum absolute atomic E-state index is 0. The van der Waals surface area contributed by atoms with E-state index in [9.17, 15) is 13.2 Å². The van der Waals surface area contributed by atoms with E-state index in [0.29, 0.717) is 10.9 Å². The van der Waals surface area contributed by atoms with E-state index in [-0.39, 0.29) is 23.7 Å². The summed E-state index contributed by atoms with van der Waals surface area (Å²) in [5.41, 5.74) is 6.04. The molecule has 0 fully saturated rings. The first kappa shape index (κ1) is 17.3. The van der Waals surface area contributed by atoms with Crippen LogP contribution >= 0.6 is 28.3 Å². The van der Waals surface area contributed by atoms with E-state index in [2.05, 4.69) is 27.2 Å². The Bertz CT molecular complexity index is 412. The molecule has 0 aromatic heterocycles. The van der Waals surface area contributed by atoms with Gasteiger partial charge >= 0.3 is 6.36 Å². The van der Waals surface area contributed by atoms with E-state index in [4.69, 9.17) is 5.73 Å². The molecule has 1 aromatic carbocycles. The van der Waals surface area contributed by atoms with Crippen molar-refractivity contribution in [3.05, 3.63) is 40.9 Å². The quantitative estimate of drug-likeness (QED) is 0.823. The lowest BCUT2D eigenvalue weighted by atomic mass is 10.0. The molecular formula is C11H12BrClF3NO. The second-order valence-electron chi connectivity index (χ2n) is 3.36. The molecule has 0 bridgehead atoms. The van der Waals surface area contributed by atoms with Crippen molar-refractivity contribution in [3.63, 3.8) is 0 Å². The van der Waals surface area contributed by atoms with Gasteiger partial charge in [-0.15, -0.1) is 32.2 Å². The lowest BCUT2D eigenvalue weighted by Crippen LogP contribution is -2.20. The molecule has 2 N–H and O–H groups in total. The maximum absolute atomic E-state index is 12.2. The summed E-state index contributed by atoms with van der Waals surface area (Å²) in [7, 11) is 0. The first-order chi connectivity index (χ1) is 7.83. The Hall–Kier alpha value is -0.720. The van der Waals surface area contributed by atoms with E-state index in [1.165, 1.54) is 18.2 Å². The number of alkyl halides is 3. The summed E-state index contributed by atoms with van der Waals surface area (Å²) >= 11 is 3.18. The van der Waals surface area contributed by atoms with Gasteiger partial charge in [-0.1, -0.05) is 22.0 Å². The molecule has 18 heavy (non-hydrogen) atoms. The van der Waals surface area contributed by atoms with Crippen LogP contribution in [0.2, 0.25) is 0 Å². The summed E-state index contributed by atoms with van der Waals surface area (Å²) in [5, 5.41) is 0. The van der Waals surface area contributed by atoms with Crippen molar-refractivity contribution in [2.24, 2.45) is 5.73 Å². The number of halogens is 5. The molecule has 1 aromatic rings. The molecule has 0 spiro atoms. The minimum atomic E-state index is -4.73. The van der Waals surface area contributed by atoms with Crippen molar-refractivity contribution in [1.82, 2.24) is 0 Å². The first-order valence-electron chi connectivity index (χ1n) is 4.75. The van der Waals surface area contributed by atoms with E-state index in [1.54, 1.807) is 6.08 Å². The Kier molecular flexibility index (Phi) is 6.73. The molecule has 0 aliphatic heterocycles. The fraction of sp³-hybridized carbons (Fsp3) is 0.273. The van der Waals surface area contributed by atoms with Crippen LogP contribution in [0.3, 0.4) is 0 Å². The zero-order valence-corrected chi connectivity index (χ0v) is 11.6. The average molecular weight is 347 g/mol. The number of ether oxygens (including phenoxy) is 1. The second kappa shape index (κ2) is 7.01. The Morgan fingerprint density at radius 2 is 2.06 bits per heavy atom. The van der Waals surface area contributed by atoms with Gasteiger partial charge in [0.25, 0.3) is 0 Å². The summed E-state index contributed by atoms with van der Waals surface area (Å²) in [5.74, 6) is -0.282. The molecule has 0 radical (unpaired) electrons. The molecule has 1 rings (SSSR count). The molecular weight excluding hydrogens is 334 g/mol. The number of nitrogens with two attached hydrogens (primary N) is 1. The Morgan fingerprint density at radius 1 is 1.44 bits per heavy atom. The van der Waals surface area contributed by atoms with Crippen LogP contribution in [0.1, 0.15) is 18.0 Å². The first-order valence-corrected chi connectivity index (χ1v) is 5.54. The van der Waals surface area contributed by atoms with Gasteiger partial charge in [-0.3, -0.25) is 0 Å². The fourth-order valence-electron chi connectivity index (χ4n) is 1.33. The molecule has 1 atom stereocenters. The van der Waals surface area contributed by atoms with Gasteiger partial charge in [0.1, 0.15) is 5.75 Å². The molecule has 0 heterocycles. The largest absolute Gasteiger partial charge is 0.573 e. The highest BCUT2D eigenvalue weighted by atomic mass is 79.9. The monoisotopic (exact) mass is 345 g/mol. The van der Waals surface area contributed by atoms with Crippen LogP contribution in [0.4, 0.5) is 13.2 Å². The maximum Gasteiger partial charge on any atom is 0.573 e. The third-order valence-corrected chi connectivity index (χ3v) is 2.51. The number of rotatable bonds is 4. The van der Waals surface area contributed by atoms with Crippen LogP contribution in [-0.4, -0.2) is 6.36 Å². The van der Waals surface area contributed by atoms with E-state index in [1.807, 2.05) is 0 Å². The molecule has 102 valence electrons. The fourth-order valence-corrected chi connectivity index (χ4v) is 1.71. The summed E-state index contributed by atoms with van der Waals surface area (Å²) in [6, 6.07) is 3.62. The van der Waals surface area contributed by atoms with Crippen LogP contribution in [0.15, 0.2) is 35.3 Å². The Labute approximate surface area is 118 Å². The van der Waals surface area contributed by atoms with E-state index >= 15 is 0 Å². The summed E-state index contributed by atoms with van der Waals surface area (Å²) in [4.78, 5) is 0. The predicted molar refractivity (Wildman–Crippen MR) is 69.8 cm³/mol. The van der Waals surface area contributed by atoms with Gasteiger partial charge in [0.15, 0.2) is 0 Å². The van der Waals surface area contributed by atoms with Crippen molar-refractivity contribution in [2.45, 2.75) is 18.8 Å². The molecule has 0 aliphatic rings. The Morgan fingerprint density at radius 3 is 2.56 bits per heavy atom. The molecule has 0 saturated carbocycles. The number of benzene rings is 1. The normalized spacial score (nSPS) is 12.5. The minimum Gasteiger partial charge on any atom is -0.405 e. The highest BCUT2D eigenvalue weighted by Gasteiger charge is 2.32. The van der Waals surface area contributed by atoms with Crippen LogP contribution in [-0.2, 0) is 0 Å². The zero-order valence-electron chi connectivity index (χ0n) is 9.21. The van der Waals surface area contributed by atoms with E-state index < -0.39 is 12.4 Å². The zero-order chi connectivity index (χ0) is 13.1. The predicted octanol–water partition coefficient (Wildman–Crippen LogP) is 4.35. The van der Waals surface area contributed by atoms with Gasteiger partial charge < -0.3 is 10.5 Å². The average Bonchev–Trinajstić information content (AvgIpc) is 2.19. The standard InChI is InChI=1S/C11H11BrF3NO.ClH/c1-2-3-9(16)8-6-7(12)4-5-10(8)17-11(13,14)15;/h2,4-6,9H,1,3,16H2;1H/t9-;/m0./s1. The number of hydrogen-bond acceptors (Lipinski definition) is 2. The summed E-state index contributed by atoms with van der Waals surface area (Å²) in [6.07, 6.45) is -2.82. The highest BCUT2D eigenvalue weighted by Crippen LogP contribution is 2.32. The smallest absolute Gasteiger partial charge is 0.405 e. The molecule has 0 aliphatic carbocycles. The van der Waals surface area contributed by atoms with Crippen LogP contribution in [0.5, 0.6) is 5.75 Å². The Balaban J connectivity index is 0.00000289. The van der Waals surface area contributed by atoms with Crippen molar-refractivity contribution < 1.29 is 17.9 Å². The summed E-state index contributed by atoms with van der Waals surface area (Å²) < 4.78 is 41.1. The van der Waals surface area contributed by atoms with Crippen molar-refractivity contribution in [3.8, 4) is 5.75 Å². The summed E-state index contributed by atoms with van der Waals surface area (Å²) in [6.45, 7) is 3.50. The lowest BCUT2D eigenvalue weighted by Gasteiger charge is -2.17. The van der Waals surface area contributed by atoms with Gasteiger partial charge in [0, 0.05) is 16.1 Å². The SMILES string of the molecule is C=CC[C@H](N)c1cc(Br)ccc1OC(F)(F)F.Cl. The van der Waals surface area contributed by atoms with Gasteiger partial charge in [0.05, 0.1) is 0 Å². The van der Waals surface area contributed by atoms with Crippen molar-refractivity contribution >= 4 is 28.3 Å². The molecule has 0 unspecified atom stereocenters. The van der Waals surface area contributed by atoms with Crippen LogP contribution in [0.25, 0.3) is 0 Å². The van der Waals surface area contributed by atoms with Crippen LogP contribution < -0.4 is 10.5 Å². The molecule has 0 saturated heterocycles. The maximum atomic E-state index is 12.2. The van der Waals surface area contributed by atoms with Gasteiger partial charge in [-0.25, -0.2) is 0 Å². The van der Waals surface area contributed by atoms with Gasteiger partial charge in [-0.2, -0.15) is 0 Å². The van der Waals surface area contributed by atoms with Crippen molar-refractivity contribution in [2.75, 3.05) is 0 Å². The lowest BCUT2D eigenvalue weighted by molar-refractivity contribution is -0.275. The number of hydrogen-bond donors (Lipinski definition) is 1. The van der Waals surface area contributed by atoms with E-state index in [0.717, 1.165) is 0 Å². The van der Waals surface area contributed by atoms with Gasteiger partial charge in [-0.05, 0) is 24.6 Å². The molecule has 2 nitrogen and oxygen atoms in total. The van der Waals surface area contributed by atoms with Crippen LogP contribution in [0, 0.1) is 0 Å². The van der Waals surface area contributed by atoms with Gasteiger partial charge in [0.2, 0.25) is 0 Å². The topological polar surface area (TPSA) is 35.2 Å².